The summed E-state index contributed by atoms with van der Waals surface area (Å²) in [6.45, 7) is 2.02. The smallest absolute Gasteiger partial charge is 0.273 e. The van der Waals surface area contributed by atoms with E-state index < -0.39 is 0 Å². The van der Waals surface area contributed by atoms with Gasteiger partial charge in [-0.2, -0.15) is 10.4 Å². The summed E-state index contributed by atoms with van der Waals surface area (Å²) in [5.74, 6) is -0.300. The monoisotopic (exact) mass is 302 g/mol. The van der Waals surface area contributed by atoms with E-state index in [4.69, 9.17) is 5.26 Å². The summed E-state index contributed by atoms with van der Waals surface area (Å²) in [6.07, 6.45) is 0. The molecule has 3 aromatic rings. The van der Waals surface area contributed by atoms with E-state index in [1.807, 2.05) is 37.3 Å². The molecule has 0 spiro atoms. The van der Waals surface area contributed by atoms with Gasteiger partial charge in [0.15, 0.2) is 0 Å². The molecule has 0 unspecified atom stereocenters. The zero-order valence-electron chi connectivity index (χ0n) is 12.5. The second-order valence-electron chi connectivity index (χ2n) is 5.18. The van der Waals surface area contributed by atoms with Gasteiger partial charge in [0, 0.05) is 11.3 Å². The van der Waals surface area contributed by atoms with Gasteiger partial charge in [0.25, 0.3) is 5.91 Å². The molecular weight excluding hydrogens is 288 g/mol. The molecule has 112 valence electrons. The normalized spacial score (nSPS) is 10.1. The number of carbonyl (C=O) groups is 1. The van der Waals surface area contributed by atoms with Crippen LogP contribution in [-0.2, 0) is 0 Å². The first-order chi connectivity index (χ1) is 11.2. The highest BCUT2D eigenvalue weighted by atomic mass is 16.1. The molecule has 5 heteroatoms. The molecule has 2 aromatic carbocycles. The molecule has 3 rings (SSSR count). The quantitative estimate of drug-likeness (QED) is 0.776. The number of hydrogen-bond donors (Lipinski definition) is 2. The van der Waals surface area contributed by atoms with E-state index in [9.17, 15) is 4.79 Å². The Morgan fingerprint density at radius 3 is 2.70 bits per heavy atom. The predicted molar refractivity (Wildman–Crippen MR) is 87.9 cm³/mol. The van der Waals surface area contributed by atoms with Gasteiger partial charge in [0.1, 0.15) is 5.69 Å². The number of carbonyl (C=O) groups excluding carboxylic acids is 1. The molecule has 1 heterocycles. The summed E-state index contributed by atoms with van der Waals surface area (Å²) in [5.41, 5.74) is 4.24. The Bertz CT molecular complexity index is 888. The molecule has 0 aliphatic carbocycles. The van der Waals surface area contributed by atoms with Crippen LogP contribution in [0.1, 0.15) is 21.6 Å². The molecule has 0 fully saturated rings. The fraction of sp³-hybridized carbons (Fsp3) is 0.0556. The lowest BCUT2D eigenvalue weighted by atomic mass is 10.1. The van der Waals surface area contributed by atoms with Crippen molar-refractivity contribution in [2.45, 2.75) is 6.92 Å². The van der Waals surface area contributed by atoms with Gasteiger partial charge < -0.3 is 5.32 Å². The molecule has 0 radical (unpaired) electrons. The largest absolute Gasteiger partial charge is 0.321 e. The van der Waals surface area contributed by atoms with Crippen LogP contribution >= 0.6 is 0 Å². The van der Waals surface area contributed by atoms with E-state index >= 15 is 0 Å². The summed E-state index contributed by atoms with van der Waals surface area (Å²) in [7, 11) is 0. The van der Waals surface area contributed by atoms with Gasteiger partial charge in [-0.05, 0) is 31.2 Å². The van der Waals surface area contributed by atoms with Crippen molar-refractivity contribution >= 4 is 11.6 Å². The van der Waals surface area contributed by atoms with Crippen molar-refractivity contribution in [1.82, 2.24) is 10.2 Å². The van der Waals surface area contributed by atoms with E-state index in [-0.39, 0.29) is 5.91 Å². The summed E-state index contributed by atoms with van der Waals surface area (Å²) >= 11 is 0. The lowest BCUT2D eigenvalue weighted by Crippen LogP contribution is -2.12. The number of nitrogens with one attached hydrogen (secondary N) is 2. The van der Waals surface area contributed by atoms with Crippen LogP contribution in [0.3, 0.4) is 0 Å². The molecule has 5 nitrogen and oxygen atoms in total. The van der Waals surface area contributed by atoms with E-state index in [1.165, 1.54) is 5.56 Å². The number of hydrogen-bond acceptors (Lipinski definition) is 3. The van der Waals surface area contributed by atoms with Gasteiger partial charge in [0.2, 0.25) is 0 Å². The van der Waals surface area contributed by atoms with Crippen LogP contribution in [0.4, 0.5) is 5.69 Å². The third-order valence-corrected chi connectivity index (χ3v) is 3.42. The van der Waals surface area contributed by atoms with Crippen LogP contribution in [0, 0.1) is 18.3 Å². The van der Waals surface area contributed by atoms with Crippen molar-refractivity contribution in [1.29, 1.82) is 5.26 Å². The average Bonchev–Trinajstić information content (AvgIpc) is 3.06. The molecule has 1 amide bonds. The Morgan fingerprint density at radius 1 is 1.17 bits per heavy atom. The van der Waals surface area contributed by atoms with Crippen LogP contribution < -0.4 is 5.32 Å². The fourth-order valence-corrected chi connectivity index (χ4v) is 2.18. The molecular formula is C18H14N4O. The maximum absolute atomic E-state index is 12.2. The third-order valence-electron chi connectivity index (χ3n) is 3.42. The minimum absolute atomic E-state index is 0.300. The fourth-order valence-electron chi connectivity index (χ4n) is 2.18. The number of amides is 1. The number of H-pyrrole nitrogens is 1. The third kappa shape index (κ3) is 3.27. The molecule has 0 atom stereocenters. The first-order valence-electron chi connectivity index (χ1n) is 7.10. The van der Waals surface area contributed by atoms with Crippen molar-refractivity contribution in [2.75, 3.05) is 5.32 Å². The van der Waals surface area contributed by atoms with Gasteiger partial charge in [-0.25, -0.2) is 0 Å². The Labute approximate surface area is 133 Å². The van der Waals surface area contributed by atoms with Crippen molar-refractivity contribution < 1.29 is 4.79 Å². The Kier molecular flexibility index (Phi) is 3.89. The van der Waals surface area contributed by atoms with Gasteiger partial charge in [-0.15, -0.1) is 0 Å². The van der Waals surface area contributed by atoms with E-state index in [0.29, 0.717) is 22.6 Å². The van der Waals surface area contributed by atoms with Crippen molar-refractivity contribution in [3.05, 3.63) is 71.4 Å². The van der Waals surface area contributed by atoms with Gasteiger partial charge in [-0.1, -0.05) is 35.9 Å². The van der Waals surface area contributed by atoms with E-state index in [0.717, 1.165) is 5.56 Å². The van der Waals surface area contributed by atoms with Crippen LogP contribution in [0.5, 0.6) is 0 Å². The maximum atomic E-state index is 12.2. The van der Waals surface area contributed by atoms with Crippen LogP contribution in [0.15, 0.2) is 54.6 Å². The van der Waals surface area contributed by atoms with E-state index in [1.54, 1.807) is 30.3 Å². The van der Waals surface area contributed by atoms with Gasteiger partial charge in [0.05, 0.1) is 17.3 Å². The first kappa shape index (κ1) is 14.5. The standard InChI is InChI=1S/C18H14N4O/c1-12-5-7-14(8-6-12)16-10-17(22-21-16)18(23)20-15-4-2-3-13(9-15)11-19/h2-10H,1H3,(H,20,23)(H,21,22). The molecule has 2 N–H and O–H groups in total. The highest BCUT2D eigenvalue weighted by Gasteiger charge is 2.11. The topological polar surface area (TPSA) is 81.6 Å². The highest BCUT2D eigenvalue weighted by molar-refractivity contribution is 6.03. The van der Waals surface area contributed by atoms with Crippen LogP contribution in [-0.4, -0.2) is 16.1 Å². The Morgan fingerprint density at radius 2 is 1.96 bits per heavy atom. The number of aromatic amines is 1. The predicted octanol–water partition coefficient (Wildman–Crippen LogP) is 3.51. The summed E-state index contributed by atoms with van der Waals surface area (Å²) in [5, 5.41) is 18.5. The zero-order valence-corrected chi connectivity index (χ0v) is 12.5. The highest BCUT2D eigenvalue weighted by Crippen LogP contribution is 2.19. The Balaban J connectivity index is 1.78. The molecule has 0 bridgehead atoms. The average molecular weight is 302 g/mol. The minimum atomic E-state index is -0.300. The molecule has 0 saturated heterocycles. The number of rotatable bonds is 3. The summed E-state index contributed by atoms with van der Waals surface area (Å²) < 4.78 is 0. The number of aromatic nitrogens is 2. The number of aryl methyl sites for hydroxylation is 1. The lowest BCUT2D eigenvalue weighted by Gasteiger charge is -2.03. The second-order valence-corrected chi connectivity index (χ2v) is 5.18. The first-order valence-corrected chi connectivity index (χ1v) is 7.10. The van der Waals surface area contributed by atoms with Gasteiger partial charge >= 0.3 is 0 Å². The molecule has 0 aliphatic heterocycles. The zero-order chi connectivity index (χ0) is 16.2. The SMILES string of the molecule is Cc1ccc(-c2cc(C(=O)Nc3cccc(C#N)c3)[nH]n2)cc1. The molecule has 23 heavy (non-hydrogen) atoms. The summed E-state index contributed by atoms with van der Waals surface area (Å²) in [4.78, 5) is 12.2. The van der Waals surface area contributed by atoms with E-state index in [2.05, 4.69) is 15.5 Å². The molecule has 0 aliphatic rings. The molecule has 1 aromatic heterocycles. The summed E-state index contributed by atoms with van der Waals surface area (Å²) in [6, 6.07) is 18.4. The number of nitriles is 1. The Hall–Kier alpha value is -3.39. The maximum Gasteiger partial charge on any atom is 0.273 e. The number of benzene rings is 2. The lowest BCUT2D eigenvalue weighted by molar-refractivity contribution is 0.102. The second kappa shape index (κ2) is 6.16. The minimum Gasteiger partial charge on any atom is -0.321 e. The molecule has 0 saturated carbocycles. The van der Waals surface area contributed by atoms with Crippen molar-refractivity contribution in [3.63, 3.8) is 0 Å². The number of anilines is 1. The van der Waals surface area contributed by atoms with Crippen LogP contribution in [0.25, 0.3) is 11.3 Å². The number of nitrogens with zero attached hydrogens (tertiary/aromatic N) is 2. The van der Waals surface area contributed by atoms with Crippen LogP contribution in [0.2, 0.25) is 0 Å². The van der Waals surface area contributed by atoms with Crippen molar-refractivity contribution in [3.8, 4) is 17.3 Å². The van der Waals surface area contributed by atoms with Crippen molar-refractivity contribution in [2.24, 2.45) is 0 Å². The van der Waals surface area contributed by atoms with Gasteiger partial charge in [-0.3, -0.25) is 9.89 Å².